The summed E-state index contributed by atoms with van der Waals surface area (Å²) in [5.74, 6) is -0.227. The summed E-state index contributed by atoms with van der Waals surface area (Å²) >= 11 is 0. The molecule has 1 saturated heterocycles. The van der Waals surface area contributed by atoms with Gasteiger partial charge >= 0.3 is 6.18 Å². The van der Waals surface area contributed by atoms with Crippen molar-refractivity contribution in [2.75, 3.05) is 19.7 Å². The van der Waals surface area contributed by atoms with Crippen molar-refractivity contribution in [3.63, 3.8) is 0 Å². The van der Waals surface area contributed by atoms with Gasteiger partial charge in [-0.05, 0) is 24.3 Å². The lowest BCUT2D eigenvalue weighted by Crippen LogP contribution is -2.43. The maximum atomic E-state index is 13.2. The fourth-order valence-electron chi connectivity index (χ4n) is 2.59. The molecule has 1 aliphatic rings. The number of pyridine rings is 1. The number of hydrogen-bond acceptors (Lipinski definition) is 4. The predicted molar refractivity (Wildman–Crippen MR) is 81.7 cm³/mol. The second-order valence-electron chi connectivity index (χ2n) is 5.40. The second kappa shape index (κ2) is 7.19. The molecule has 1 aromatic heterocycles. The highest BCUT2D eigenvalue weighted by Gasteiger charge is 2.36. The van der Waals surface area contributed by atoms with Crippen LogP contribution in [0.15, 0.2) is 48.7 Å². The number of alkyl halides is 3. The van der Waals surface area contributed by atoms with Crippen LogP contribution in [-0.4, -0.2) is 30.8 Å². The third-order valence-electron chi connectivity index (χ3n) is 3.72. The van der Waals surface area contributed by atoms with E-state index in [0.717, 1.165) is 6.07 Å². The standard InChI is InChI=1S/C17H17F3N2O2/c18-17(19,20)12-5-1-2-7-14(12)24-16(13-6-3-4-8-22-13)15-11-21-9-10-23-15/h1-8,15-16,21H,9-11H2. The van der Waals surface area contributed by atoms with Gasteiger partial charge in [-0.1, -0.05) is 18.2 Å². The molecule has 2 atom stereocenters. The van der Waals surface area contributed by atoms with Crippen LogP contribution >= 0.6 is 0 Å². The van der Waals surface area contributed by atoms with E-state index in [2.05, 4.69) is 10.3 Å². The molecular weight excluding hydrogens is 321 g/mol. The zero-order valence-electron chi connectivity index (χ0n) is 12.8. The van der Waals surface area contributed by atoms with E-state index in [-0.39, 0.29) is 5.75 Å². The van der Waals surface area contributed by atoms with E-state index < -0.39 is 23.9 Å². The molecule has 128 valence electrons. The number of halogens is 3. The molecule has 0 amide bonds. The first kappa shape index (κ1) is 16.7. The summed E-state index contributed by atoms with van der Waals surface area (Å²) in [5.41, 5.74) is -0.280. The minimum Gasteiger partial charge on any atom is -0.481 e. The summed E-state index contributed by atoms with van der Waals surface area (Å²) < 4.78 is 51.0. The Morgan fingerprint density at radius 3 is 2.62 bits per heavy atom. The van der Waals surface area contributed by atoms with Gasteiger partial charge in [0.2, 0.25) is 0 Å². The van der Waals surface area contributed by atoms with E-state index in [1.165, 1.54) is 18.2 Å². The van der Waals surface area contributed by atoms with E-state index >= 15 is 0 Å². The summed E-state index contributed by atoms with van der Waals surface area (Å²) in [5, 5.41) is 3.16. The molecule has 2 heterocycles. The quantitative estimate of drug-likeness (QED) is 0.930. The van der Waals surface area contributed by atoms with Gasteiger partial charge in [0.1, 0.15) is 11.9 Å². The molecular formula is C17H17F3N2O2. The maximum Gasteiger partial charge on any atom is 0.419 e. The number of ether oxygens (including phenoxy) is 2. The smallest absolute Gasteiger partial charge is 0.419 e. The van der Waals surface area contributed by atoms with Gasteiger partial charge < -0.3 is 14.8 Å². The monoisotopic (exact) mass is 338 g/mol. The Hall–Kier alpha value is -2.12. The average Bonchev–Trinajstić information content (AvgIpc) is 2.61. The summed E-state index contributed by atoms with van der Waals surface area (Å²) in [6, 6.07) is 10.4. The predicted octanol–water partition coefficient (Wildman–Crippen LogP) is 3.21. The lowest BCUT2D eigenvalue weighted by atomic mass is 10.1. The van der Waals surface area contributed by atoms with Crippen LogP contribution in [0.25, 0.3) is 0 Å². The summed E-state index contributed by atoms with van der Waals surface area (Å²) in [6.45, 7) is 1.65. The summed E-state index contributed by atoms with van der Waals surface area (Å²) in [7, 11) is 0. The molecule has 1 aromatic carbocycles. The normalized spacial score (nSPS) is 19.7. The molecule has 1 N–H and O–H groups in total. The van der Waals surface area contributed by atoms with E-state index in [1.807, 2.05) is 0 Å². The first-order valence-corrected chi connectivity index (χ1v) is 7.62. The molecule has 0 aliphatic carbocycles. The number of nitrogens with one attached hydrogen (secondary N) is 1. The molecule has 0 spiro atoms. The number of hydrogen-bond donors (Lipinski definition) is 1. The largest absolute Gasteiger partial charge is 0.481 e. The van der Waals surface area contributed by atoms with Gasteiger partial charge in [-0.3, -0.25) is 4.98 Å². The van der Waals surface area contributed by atoms with Crippen LogP contribution in [0.5, 0.6) is 5.75 Å². The van der Waals surface area contributed by atoms with Crippen LogP contribution < -0.4 is 10.1 Å². The lowest BCUT2D eigenvalue weighted by molar-refractivity contribution is -0.140. The van der Waals surface area contributed by atoms with Gasteiger partial charge in [-0.15, -0.1) is 0 Å². The highest BCUT2D eigenvalue weighted by molar-refractivity contribution is 5.36. The minimum atomic E-state index is -4.49. The summed E-state index contributed by atoms with van der Waals surface area (Å²) in [4.78, 5) is 4.23. The number of aromatic nitrogens is 1. The Morgan fingerprint density at radius 2 is 1.96 bits per heavy atom. The molecule has 1 aliphatic heterocycles. The first-order chi connectivity index (χ1) is 11.6. The van der Waals surface area contributed by atoms with Crippen LogP contribution in [-0.2, 0) is 10.9 Å². The fourth-order valence-corrected chi connectivity index (χ4v) is 2.59. The highest BCUT2D eigenvalue weighted by Crippen LogP contribution is 2.38. The zero-order chi connectivity index (χ0) is 17.0. The van der Waals surface area contributed by atoms with Crippen molar-refractivity contribution in [1.29, 1.82) is 0 Å². The van der Waals surface area contributed by atoms with Crippen molar-refractivity contribution in [2.45, 2.75) is 18.4 Å². The molecule has 0 saturated carbocycles. The van der Waals surface area contributed by atoms with Crippen molar-refractivity contribution < 1.29 is 22.6 Å². The number of rotatable bonds is 4. The van der Waals surface area contributed by atoms with Gasteiger partial charge in [0, 0.05) is 19.3 Å². The van der Waals surface area contributed by atoms with Gasteiger partial charge in [0.15, 0.2) is 6.10 Å². The molecule has 4 nitrogen and oxygen atoms in total. The molecule has 2 unspecified atom stereocenters. The Balaban J connectivity index is 1.93. The molecule has 1 fully saturated rings. The maximum absolute atomic E-state index is 13.2. The van der Waals surface area contributed by atoms with Gasteiger partial charge in [-0.2, -0.15) is 13.2 Å². The van der Waals surface area contributed by atoms with Crippen LogP contribution in [0.1, 0.15) is 17.4 Å². The second-order valence-corrected chi connectivity index (χ2v) is 5.40. The van der Waals surface area contributed by atoms with Crippen LogP contribution in [0, 0.1) is 0 Å². The number of nitrogens with zero attached hydrogens (tertiary/aromatic N) is 1. The minimum absolute atomic E-state index is 0.227. The zero-order valence-corrected chi connectivity index (χ0v) is 12.8. The number of para-hydroxylation sites is 1. The van der Waals surface area contributed by atoms with E-state index in [0.29, 0.717) is 25.4 Å². The van der Waals surface area contributed by atoms with Crippen LogP contribution in [0.3, 0.4) is 0 Å². The van der Waals surface area contributed by atoms with Crippen molar-refractivity contribution in [3.05, 3.63) is 59.9 Å². The molecule has 2 aromatic rings. The first-order valence-electron chi connectivity index (χ1n) is 7.62. The van der Waals surface area contributed by atoms with E-state index in [4.69, 9.17) is 9.47 Å². The third-order valence-corrected chi connectivity index (χ3v) is 3.72. The lowest BCUT2D eigenvalue weighted by Gasteiger charge is -2.31. The Kier molecular flexibility index (Phi) is 5.01. The van der Waals surface area contributed by atoms with Crippen molar-refractivity contribution in [2.24, 2.45) is 0 Å². The van der Waals surface area contributed by atoms with Gasteiger partial charge in [-0.25, -0.2) is 0 Å². The van der Waals surface area contributed by atoms with Gasteiger partial charge in [0.25, 0.3) is 0 Å². The Bertz CT molecular complexity index is 658. The number of morpholine rings is 1. The van der Waals surface area contributed by atoms with Crippen LogP contribution in [0.4, 0.5) is 13.2 Å². The topological polar surface area (TPSA) is 43.4 Å². The molecule has 0 bridgehead atoms. The van der Waals surface area contributed by atoms with Crippen molar-refractivity contribution in [3.8, 4) is 5.75 Å². The van der Waals surface area contributed by atoms with E-state index in [1.54, 1.807) is 24.4 Å². The fraction of sp³-hybridized carbons (Fsp3) is 0.353. The number of benzene rings is 1. The highest BCUT2D eigenvalue weighted by atomic mass is 19.4. The Morgan fingerprint density at radius 1 is 1.17 bits per heavy atom. The van der Waals surface area contributed by atoms with Gasteiger partial charge in [0.05, 0.1) is 17.9 Å². The summed E-state index contributed by atoms with van der Waals surface area (Å²) in [6.07, 6.45) is -4.06. The molecule has 24 heavy (non-hydrogen) atoms. The molecule has 3 rings (SSSR count). The van der Waals surface area contributed by atoms with E-state index in [9.17, 15) is 13.2 Å². The van der Waals surface area contributed by atoms with Crippen molar-refractivity contribution in [1.82, 2.24) is 10.3 Å². The van der Waals surface area contributed by atoms with Crippen molar-refractivity contribution >= 4 is 0 Å². The SMILES string of the molecule is FC(F)(F)c1ccccc1OC(c1ccccn1)C1CNCCO1. The average molecular weight is 338 g/mol. The van der Waals surface area contributed by atoms with Crippen LogP contribution in [0.2, 0.25) is 0 Å². The molecule has 7 heteroatoms. The third kappa shape index (κ3) is 3.85. The Labute approximate surface area is 137 Å². The molecule has 0 radical (unpaired) electrons.